The van der Waals surface area contributed by atoms with E-state index in [-0.39, 0.29) is 0 Å². The average Bonchev–Trinajstić information content (AvgIpc) is 2.13. The number of rotatable bonds is 1. The van der Waals surface area contributed by atoms with Crippen molar-refractivity contribution in [1.82, 2.24) is 5.32 Å². The minimum Gasteiger partial charge on any atom is -0.317 e. The van der Waals surface area contributed by atoms with Gasteiger partial charge in [0.1, 0.15) is 0 Å². The highest BCUT2D eigenvalue weighted by Crippen LogP contribution is 2.15. The summed E-state index contributed by atoms with van der Waals surface area (Å²) in [6, 6.07) is 0.701. The zero-order valence-corrected chi connectivity index (χ0v) is 6.19. The molecule has 0 aromatic rings. The second-order valence-electron chi connectivity index (χ2n) is 2.77. The lowest BCUT2D eigenvalue weighted by Gasteiger charge is -2.10. The molecule has 1 saturated carbocycles. The largest absolute Gasteiger partial charge is 0.317 e. The third-order valence-corrected chi connectivity index (χ3v) is 2.04. The van der Waals surface area contributed by atoms with E-state index in [1.807, 2.05) is 7.05 Å². The number of nitrogens with one attached hydrogen (secondary N) is 1. The van der Waals surface area contributed by atoms with E-state index in [0.29, 0.717) is 6.04 Å². The monoisotopic (exact) mass is 126 g/mol. The summed E-state index contributed by atoms with van der Waals surface area (Å²) in [4.78, 5) is 0. The SMILES string of the molecule is CNC1[CH]CCCCC1. The summed E-state index contributed by atoms with van der Waals surface area (Å²) in [5, 5.41) is 3.29. The van der Waals surface area contributed by atoms with E-state index >= 15 is 0 Å². The van der Waals surface area contributed by atoms with Crippen molar-refractivity contribution in [3.8, 4) is 0 Å². The summed E-state index contributed by atoms with van der Waals surface area (Å²) < 4.78 is 0. The smallest absolute Gasteiger partial charge is 0.00955 e. The molecular formula is C8H16N. The summed E-state index contributed by atoms with van der Waals surface area (Å²) in [5.41, 5.74) is 0. The molecule has 9 heavy (non-hydrogen) atoms. The Balaban J connectivity index is 2.18. The zero-order chi connectivity index (χ0) is 6.53. The van der Waals surface area contributed by atoms with Gasteiger partial charge in [-0.2, -0.15) is 0 Å². The van der Waals surface area contributed by atoms with E-state index in [1.54, 1.807) is 0 Å². The highest BCUT2D eigenvalue weighted by atomic mass is 14.9. The Kier molecular flexibility index (Phi) is 3.05. The first-order chi connectivity index (χ1) is 4.43. The summed E-state index contributed by atoms with van der Waals surface area (Å²) in [7, 11) is 2.05. The Bertz CT molecular complexity index is 63.0. The van der Waals surface area contributed by atoms with Crippen molar-refractivity contribution in [3.63, 3.8) is 0 Å². The van der Waals surface area contributed by atoms with Crippen molar-refractivity contribution in [3.05, 3.63) is 6.42 Å². The van der Waals surface area contributed by atoms with Gasteiger partial charge in [-0.15, -0.1) is 0 Å². The Labute approximate surface area is 57.8 Å². The van der Waals surface area contributed by atoms with Crippen LogP contribution in [-0.2, 0) is 0 Å². The molecule has 1 nitrogen and oxygen atoms in total. The van der Waals surface area contributed by atoms with E-state index in [1.165, 1.54) is 32.1 Å². The lowest BCUT2D eigenvalue weighted by Crippen LogP contribution is -2.24. The predicted molar refractivity (Wildman–Crippen MR) is 40.2 cm³/mol. The lowest BCUT2D eigenvalue weighted by molar-refractivity contribution is 0.571. The molecule has 53 valence electrons. The van der Waals surface area contributed by atoms with Crippen LogP contribution in [0.15, 0.2) is 0 Å². The van der Waals surface area contributed by atoms with Crippen molar-refractivity contribution in [2.45, 2.75) is 38.1 Å². The molecular weight excluding hydrogens is 110 g/mol. The zero-order valence-electron chi connectivity index (χ0n) is 6.19. The standard InChI is InChI=1S/C8H16N/c1-9-8-6-4-2-3-5-7-8/h6,8-9H,2-5,7H2,1H3. The van der Waals surface area contributed by atoms with Crippen LogP contribution in [0.2, 0.25) is 0 Å². The van der Waals surface area contributed by atoms with E-state index in [4.69, 9.17) is 0 Å². The van der Waals surface area contributed by atoms with Gasteiger partial charge in [-0.25, -0.2) is 0 Å². The highest BCUT2D eigenvalue weighted by molar-refractivity contribution is 4.83. The molecule has 0 saturated heterocycles. The van der Waals surface area contributed by atoms with Gasteiger partial charge in [-0.1, -0.05) is 19.3 Å². The number of hydrogen-bond acceptors (Lipinski definition) is 1. The van der Waals surface area contributed by atoms with Crippen LogP contribution in [0.3, 0.4) is 0 Å². The molecule has 1 aliphatic carbocycles. The van der Waals surface area contributed by atoms with E-state index in [9.17, 15) is 0 Å². The first-order valence-corrected chi connectivity index (χ1v) is 3.94. The van der Waals surface area contributed by atoms with Crippen molar-refractivity contribution >= 4 is 0 Å². The molecule has 0 heterocycles. The fourth-order valence-electron chi connectivity index (χ4n) is 1.38. The number of hydrogen-bond donors (Lipinski definition) is 1. The van der Waals surface area contributed by atoms with Crippen LogP contribution in [0.4, 0.5) is 0 Å². The Morgan fingerprint density at radius 1 is 1.33 bits per heavy atom. The molecule has 1 aliphatic rings. The third kappa shape index (κ3) is 2.35. The summed E-state index contributed by atoms with van der Waals surface area (Å²) in [6.07, 6.45) is 9.30. The lowest BCUT2D eigenvalue weighted by atomic mass is 10.1. The quantitative estimate of drug-likeness (QED) is 0.528. The second-order valence-corrected chi connectivity index (χ2v) is 2.77. The molecule has 1 radical (unpaired) electrons. The maximum atomic E-state index is 3.29. The van der Waals surface area contributed by atoms with Gasteiger partial charge < -0.3 is 5.32 Å². The van der Waals surface area contributed by atoms with Gasteiger partial charge in [-0.3, -0.25) is 0 Å². The first-order valence-electron chi connectivity index (χ1n) is 3.94. The van der Waals surface area contributed by atoms with Gasteiger partial charge in [-0.05, 0) is 26.3 Å². The minimum atomic E-state index is 0.701. The second kappa shape index (κ2) is 3.89. The van der Waals surface area contributed by atoms with E-state index < -0.39 is 0 Å². The average molecular weight is 126 g/mol. The molecule has 0 amide bonds. The van der Waals surface area contributed by atoms with Crippen LogP contribution in [0.1, 0.15) is 32.1 Å². The molecule has 0 aromatic heterocycles. The van der Waals surface area contributed by atoms with Gasteiger partial charge in [0, 0.05) is 6.04 Å². The fraction of sp³-hybridized carbons (Fsp3) is 0.875. The molecule has 1 N–H and O–H groups in total. The first kappa shape index (κ1) is 7.07. The molecule has 0 aromatic carbocycles. The van der Waals surface area contributed by atoms with Crippen molar-refractivity contribution in [2.24, 2.45) is 0 Å². The molecule has 0 spiro atoms. The van der Waals surface area contributed by atoms with Gasteiger partial charge >= 0.3 is 0 Å². The van der Waals surface area contributed by atoms with E-state index in [2.05, 4.69) is 11.7 Å². The van der Waals surface area contributed by atoms with E-state index in [0.717, 1.165) is 0 Å². The van der Waals surface area contributed by atoms with Crippen LogP contribution in [0, 0.1) is 6.42 Å². The Morgan fingerprint density at radius 2 is 2.22 bits per heavy atom. The van der Waals surface area contributed by atoms with Gasteiger partial charge in [0.05, 0.1) is 0 Å². The third-order valence-electron chi connectivity index (χ3n) is 2.04. The summed E-state index contributed by atoms with van der Waals surface area (Å²) >= 11 is 0. The molecule has 1 atom stereocenters. The molecule has 1 fully saturated rings. The molecule has 0 bridgehead atoms. The minimum absolute atomic E-state index is 0.701. The van der Waals surface area contributed by atoms with Crippen LogP contribution in [0.25, 0.3) is 0 Å². The normalized spacial score (nSPS) is 23.7. The van der Waals surface area contributed by atoms with Crippen molar-refractivity contribution < 1.29 is 0 Å². The van der Waals surface area contributed by atoms with Crippen LogP contribution < -0.4 is 5.32 Å². The topological polar surface area (TPSA) is 12.0 Å². The molecule has 1 unspecified atom stereocenters. The van der Waals surface area contributed by atoms with Crippen LogP contribution in [-0.4, -0.2) is 13.1 Å². The maximum absolute atomic E-state index is 3.29. The maximum Gasteiger partial charge on any atom is 0.00955 e. The fourth-order valence-corrected chi connectivity index (χ4v) is 1.38. The van der Waals surface area contributed by atoms with Crippen LogP contribution >= 0.6 is 0 Å². The van der Waals surface area contributed by atoms with Crippen LogP contribution in [0.5, 0.6) is 0 Å². The molecule has 1 rings (SSSR count). The van der Waals surface area contributed by atoms with Gasteiger partial charge in [0.15, 0.2) is 0 Å². The van der Waals surface area contributed by atoms with Gasteiger partial charge in [0.2, 0.25) is 0 Å². The Morgan fingerprint density at radius 3 is 3.00 bits per heavy atom. The summed E-state index contributed by atoms with van der Waals surface area (Å²) in [6.45, 7) is 0. The predicted octanol–water partition coefficient (Wildman–Crippen LogP) is 1.74. The molecule has 1 heteroatoms. The summed E-state index contributed by atoms with van der Waals surface area (Å²) in [5.74, 6) is 0. The Hall–Kier alpha value is -0.0400. The molecule has 0 aliphatic heterocycles. The van der Waals surface area contributed by atoms with Crippen molar-refractivity contribution in [1.29, 1.82) is 0 Å². The van der Waals surface area contributed by atoms with Crippen molar-refractivity contribution in [2.75, 3.05) is 7.05 Å². The van der Waals surface area contributed by atoms with Gasteiger partial charge in [0.25, 0.3) is 0 Å². The highest BCUT2D eigenvalue weighted by Gasteiger charge is 2.08.